The number of furan rings is 1. The Hall–Kier alpha value is -1.26. The van der Waals surface area contributed by atoms with E-state index >= 15 is 0 Å². The van der Waals surface area contributed by atoms with E-state index in [9.17, 15) is 0 Å². The molecule has 2 aromatic rings. The van der Waals surface area contributed by atoms with Gasteiger partial charge in [-0.3, -0.25) is 0 Å². The lowest BCUT2D eigenvalue weighted by Crippen LogP contribution is -2.26. The number of nitrogens with zero attached hydrogens (tertiary/aromatic N) is 2. The highest BCUT2D eigenvalue weighted by atomic mass is 35.5. The smallest absolute Gasteiger partial charge is 0.198 e. The van der Waals surface area contributed by atoms with Crippen LogP contribution in [0.5, 0.6) is 0 Å². The first-order valence-corrected chi connectivity index (χ1v) is 7.13. The molecule has 0 bridgehead atoms. The van der Waals surface area contributed by atoms with Gasteiger partial charge in [0.05, 0.1) is 12.3 Å². The Bertz CT molecular complexity index is 506. The molecule has 0 amide bonds. The van der Waals surface area contributed by atoms with Crippen LogP contribution >= 0.6 is 11.6 Å². The van der Waals surface area contributed by atoms with E-state index in [0.29, 0.717) is 5.22 Å². The number of nitrogens with one attached hydrogen (secondary N) is 1. The van der Waals surface area contributed by atoms with Gasteiger partial charge < -0.3 is 14.3 Å². The number of aryl methyl sites for hydroxylation is 1. The van der Waals surface area contributed by atoms with Gasteiger partial charge in [-0.1, -0.05) is 13.8 Å². The molecule has 0 aromatic carbocycles. The summed E-state index contributed by atoms with van der Waals surface area (Å²) in [6.07, 6.45) is 7.59. The molecule has 1 unspecified atom stereocenters. The second-order valence-electron chi connectivity index (χ2n) is 4.52. The Morgan fingerprint density at radius 2 is 2.26 bits per heavy atom. The Kier molecular flexibility index (Phi) is 5.05. The number of rotatable bonds is 7. The Labute approximate surface area is 118 Å². The van der Waals surface area contributed by atoms with E-state index in [0.717, 1.165) is 37.3 Å². The van der Waals surface area contributed by atoms with Gasteiger partial charge in [0.25, 0.3) is 0 Å². The van der Waals surface area contributed by atoms with Crippen molar-refractivity contribution in [1.29, 1.82) is 0 Å². The van der Waals surface area contributed by atoms with E-state index in [1.165, 1.54) is 0 Å². The second-order valence-corrected chi connectivity index (χ2v) is 4.86. The van der Waals surface area contributed by atoms with Gasteiger partial charge in [-0.05, 0) is 37.1 Å². The van der Waals surface area contributed by atoms with Crippen LogP contribution in [0.3, 0.4) is 0 Å². The van der Waals surface area contributed by atoms with Crippen LogP contribution in [0.4, 0.5) is 0 Å². The quantitative estimate of drug-likeness (QED) is 0.843. The second kappa shape index (κ2) is 6.78. The van der Waals surface area contributed by atoms with Crippen molar-refractivity contribution in [3.05, 3.63) is 41.3 Å². The summed E-state index contributed by atoms with van der Waals surface area (Å²) in [6.45, 7) is 6.16. The van der Waals surface area contributed by atoms with Crippen molar-refractivity contribution in [3.8, 4) is 0 Å². The minimum Gasteiger partial charge on any atom is -0.453 e. The van der Waals surface area contributed by atoms with Gasteiger partial charge in [-0.25, -0.2) is 4.98 Å². The predicted molar refractivity (Wildman–Crippen MR) is 76.4 cm³/mol. The summed E-state index contributed by atoms with van der Waals surface area (Å²) < 4.78 is 7.38. The van der Waals surface area contributed by atoms with Crippen LogP contribution in [0.15, 0.2) is 29.1 Å². The summed E-state index contributed by atoms with van der Waals surface area (Å²) in [6, 6.07) is 1.88. The van der Waals surface area contributed by atoms with Gasteiger partial charge >= 0.3 is 0 Å². The van der Waals surface area contributed by atoms with Crippen LogP contribution in [-0.4, -0.2) is 16.1 Å². The van der Waals surface area contributed by atoms with Gasteiger partial charge in [0.2, 0.25) is 0 Å². The zero-order valence-corrected chi connectivity index (χ0v) is 12.2. The monoisotopic (exact) mass is 281 g/mol. The van der Waals surface area contributed by atoms with Gasteiger partial charge in [0.15, 0.2) is 5.22 Å². The number of imidazole rings is 1. The van der Waals surface area contributed by atoms with Crippen LogP contribution in [0.25, 0.3) is 0 Å². The molecule has 0 aliphatic heterocycles. The Morgan fingerprint density at radius 3 is 2.89 bits per heavy atom. The van der Waals surface area contributed by atoms with Crippen LogP contribution in [-0.2, 0) is 6.54 Å². The average molecular weight is 282 g/mol. The lowest BCUT2D eigenvalue weighted by Gasteiger charge is -2.18. The van der Waals surface area contributed by atoms with Gasteiger partial charge in [-0.2, -0.15) is 0 Å². The Morgan fingerprint density at radius 1 is 1.42 bits per heavy atom. The van der Waals surface area contributed by atoms with Crippen molar-refractivity contribution >= 4 is 11.6 Å². The molecular weight excluding hydrogens is 262 g/mol. The molecule has 2 rings (SSSR count). The highest BCUT2D eigenvalue weighted by molar-refractivity contribution is 6.29. The van der Waals surface area contributed by atoms with E-state index in [4.69, 9.17) is 16.0 Å². The molecule has 0 fully saturated rings. The number of halogens is 1. The molecule has 104 valence electrons. The first kappa shape index (κ1) is 14.2. The molecule has 0 saturated heterocycles. The van der Waals surface area contributed by atoms with Crippen molar-refractivity contribution in [1.82, 2.24) is 14.9 Å². The molecule has 0 spiro atoms. The summed E-state index contributed by atoms with van der Waals surface area (Å²) in [5.41, 5.74) is 0.943. The highest BCUT2D eigenvalue weighted by Crippen LogP contribution is 2.28. The van der Waals surface area contributed by atoms with E-state index in [1.807, 2.05) is 18.5 Å². The predicted octanol–water partition coefficient (Wildman–Crippen LogP) is 3.63. The molecule has 0 aliphatic carbocycles. The minimum atomic E-state index is -0.0206. The van der Waals surface area contributed by atoms with Gasteiger partial charge in [0.1, 0.15) is 5.82 Å². The molecule has 5 heteroatoms. The number of hydrogen-bond donors (Lipinski definition) is 1. The van der Waals surface area contributed by atoms with Crippen LogP contribution in [0.1, 0.15) is 44.1 Å². The standard InChI is InChI=1S/C14H20ClN3O/c1-3-6-16-12(11-5-10-19-13(11)15)14-17-7-9-18(14)8-4-2/h5,7,9-10,12,16H,3-4,6,8H2,1-2H3. The van der Waals surface area contributed by atoms with Crippen LogP contribution in [0, 0.1) is 0 Å². The normalized spacial score (nSPS) is 12.8. The third-order valence-electron chi connectivity index (χ3n) is 3.03. The average Bonchev–Trinajstić information content (AvgIpc) is 3.01. The summed E-state index contributed by atoms with van der Waals surface area (Å²) in [5.74, 6) is 0.985. The topological polar surface area (TPSA) is 43.0 Å². The van der Waals surface area contributed by atoms with Crippen LogP contribution in [0.2, 0.25) is 5.22 Å². The first-order chi connectivity index (χ1) is 9.27. The fraction of sp³-hybridized carbons (Fsp3) is 0.500. The third-order valence-corrected chi connectivity index (χ3v) is 3.33. The first-order valence-electron chi connectivity index (χ1n) is 6.75. The van der Waals surface area contributed by atoms with Crippen LogP contribution < -0.4 is 5.32 Å². The zero-order valence-electron chi connectivity index (χ0n) is 11.4. The van der Waals surface area contributed by atoms with Crippen molar-refractivity contribution in [2.24, 2.45) is 0 Å². The molecule has 0 aliphatic rings. The zero-order chi connectivity index (χ0) is 13.7. The largest absolute Gasteiger partial charge is 0.453 e. The Balaban J connectivity index is 2.31. The molecule has 2 aromatic heterocycles. The maximum absolute atomic E-state index is 6.12. The molecule has 1 atom stereocenters. The minimum absolute atomic E-state index is 0.0206. The summed E-state index contributed by atoms with van der Waals surface area (Å²) >= 11 is 6.12. The molecule has 4 nitrogen and oxygen atoms in total. The van der Waals surface area contributed by atoms with E-state index in [2.05, 4.69) is 28.7 Å². The van der Waals surface area contributed by atoms with Gasteiger partial charge in [-0.15, -0.1) is 0 Å². The van der Waals surface area contributed by atoms with E-state index < -0.39 is 0 Å². The third kappa shape index (κ3) is 3.19. The highest BCUT2D eigenvalue weighted by Gasteiger charge is 2.22. The fourth-order valence-corrected chi connectivity index (χ4v) is 2.37. The maximum atomic E-state index is 6.12. The summed E-state index contributed by atoms with van der Waals surface area (Å²) in [4.78, 5) is 4.49. The lowest BCUT2D eigenvalue weighted by atomic mass is 10.1. The van der Waals surface area contributed by atoms with E-state index in [1.54, 1.807) is 6.26 Å². The number of aromatic nitrogens is 2. The molecule has 0 saturated carbocycles. The van der Waals surface area contributed by atoms with Crippen molar-refractivity contribution in [3.63, 3.8) is 0 Å². The fourth-order valence-electron chi connectivity index (χ4n) is 2.15. The SMILES string of the molecule is CCCNC(c1ccoc1Cl)c1nccn1CCC. The summed E-state index contributed by atoms with van der Waals surface area (Å²) in [7, 11) is 0. The van der Waals surface area contributed by atoms with E-state index in [-0.39, 0.29) is 6.04 Å². The molecular formula is C14H20ClN3O. The summed E-state index contributed by atoms with van der Waals surface area (Å²) in [5, 5.41) is 3.92. The molecule has 19 heavy (non-hydrogen) atoms. The van der Waals surface area contributed by atoms with Gasteiger partial charge in [0, 0.05) is 24.5 Å². The van der Waals surface area contributed by atoms with Crippen molar-refractivity contribution in [2.45, 2.75) is 39.3 Å². The maximum Gasteiger partial charge on any atom is 0.198 e. The number of hydrogen-bond acceptors (Lipinski definition) is 3. The van der Waals surface area contributed by atoms with Crippen molar-refractivity contribution < 1.29 is 4.42 Å². The molecule has 0 radical (unpaired) electrons. The van der Waals surface area contributed by atoms with Crippen molar-refractivity contribution in [2.75, 3.05) is 6.54 Å². The molecule has 1 N–H and O–H groups in total. The molecule has 2 heterocycles. The lowest BCUT2D eigenvalue weighted by molar-refractivity contribution is 0.517.